The molecule has 2 atom stereocenters. The van der Waals surface area contributed by atoms with Crippen LogP contribution in [0.2, 0.25) is 0 Å². The standard InChI is InChI=1S/C30H31N9O6/c1-16-5-6-31-26(32-16)20-10-21(20)28(42)34-23-11-24(36-29(35-23)44-8-7-40)45-15-19-13-38-12-18(17-3-4-17)9-22(27(38)33-19)39-14-25(41)37(2)30(39)43/h5-6,9,11-13,17,20-21,40H,3-4,7-8,10,14-15H2,1-2H3,(H,34,35,36,42)/t20-,21-/m0/s1. The summed E-state index contributed by atoms with van der Waals surface area (Å²) in [6, 6.07) is 4.77. The third-order valence-corrected chi connectivity index (χ3v) is 8.02. The van der Waals surface area contributed by atoms with E-state index in [1.807, 2.05) is 35.9 Å². The molecule has 2 N–H and O–H groups in total. The van der Waals surface area contributed by atoms with Gasteiger partial charge in [-0.25, -0.2) is 19.7 Å². The summed E-state index contributed by atoms with van der Waals surface area (Å²) < 4.78 is 13.2. The first-order valence-electron chi connectivity index (χ1n) is 14.7. The van der Waals surface area contributed by atoms with Gasteiger partial charge in [0.15, 0.2) is 5.65 Å². The number of nitrogens with zero attached hydrogens (tertiary/aromatic N) is 8. The smallest absolute Gasteiger partial charge is 0.331 e. The number of anilines is 2. The van der Waals surface area contributed by atoms with Crippen LogP contribution in [0.5, 0.6) is 11.9 Å². The zero-order chi connectivity index (χ0) is 31.2. The van der Waals surface area contributed by atoms with Crippen LogP contribution in [-0.2, 0) is 16.2 Å². The van der Waals surface area contributed by atoms with Crippen LogP contribution in [0.4, 0.5) is 16.3 Å². The molecule has 5 heterocycles. The van der Waals surface area contributed by atoms with Crippen molar-refractivity contribution < 1.29 is 29.0 Å². The number of aryl methyl sites for hydroxylation is 1. The SMILES string of the molecule is Cc1ccnc([C@H]2C[C@@H]2C(=O)Nc2cc(OCc3cn4cc(C5CC5)cc(N5CC(=O)N(C)C5=O)c4n3)nc(OCCO)n2)n1. The van der Waals surface area contributed by atoms with Crippen LogP contribution in [0.15, 0.2) is 36.8 Å². The largest absolute Gasteiger partial charge is 0.471 e. The summed E-state index contributed by atoms with van der Waals surface area (Å²) in [5.74, 6) is 0.479. The van der Waals surface area contributed by atoms with Crippen molar-refractivity contribution in [1.29, 1.82) is 0 Å². The molecule has 4 aromatic heterocycles. The quantitative estimate of drug-likeness (QED) is 0.237. The highest BCUT2D eigenvalue weighted by atomic mass is 16.5. The number of likely N-dealkylation sites (N-methyl/N-ethyl adjacent to an activating group) is 1. The molecule has 3 fully saturated rings. The van der Waals surface area contributed by atoms with Crippen molar-refractivity contribution in [3.8, 4) is 11.9 Å². The van der Waals surface area contributed by atoms with Crippen molar-refractivity contribution in [2.45, 2.75) is 44.6 Å². The number of pyridine rings is 1. The van der Waals surface area contributed by atoms with E-state index in [1.54, 1.807) is 6.20 Å². The molecule has 1 saturated heterocycles. The number of ether oxygens (including phenoxy) is 2. The lowest BCUT2D eigenvalue weighted by molar-refractivity contribution is -0.124. The summed E-state index contributed by atoms with van der Waals surface area (Å²) in [5.41, 5.74) is 3.55. The van der Waals surface area contributed by atoms with Crippen LogP contribution >= 0.6 is 0 Å². The van der Waals surface area contributed by atoms with Crippen molar-refractivity contribution in [3.05, 3.63) is 59.6 Å². The second kappa shape index (κ2) is 11.4. The molecule has 0 spiro atoms. The van der Waals surface area contributed by atoms with Gasteiger partial charge in [-0.15, -0.1) is 0 Å². The lowest BCUT2D eigenvalue weighted by Gasteiger charge is -2.17. The van der Waals surface area contributed by atoms with Crippen LogP contribution in [0.1, 0.15) is 53.9 Å². The normalized spacial score (nSPS) is 19.4. The number of aromatic nitrogens is 6. The lowest BCUT2D eigenvalue weighted by Crippen LogP contribution is -2.30. The molecule has 3 aliphatic rings. The number of aliphatic hydroxyl groups excluding tert-OH is 1. The third kappa shape index (κ3) is 5.85. The minimum absolute atomic E-state index is 0.00585. The van der Waals surface area contributed by atoms with E-state index in [-0.39, 0.29) is 67.7 Å². The first-order chi connectivity index (χ1) is 21.8. The van der Waals surface area contributed by atoms with Gasteiger partial charge in [0.1, 0.15) is 31.4 Å². The maximum absolute atomic E-state index is 13.0. The van der Waals surface area contributed by atoms with E-state index in [0.717, 1.165) is 29.0 Å². The Bertz CT molecular complexity index is 1820. The number of rotatable bonds is 11. The molecule has 0 bridgehead atoms. The fraction of sp³-hybridized carbons (Fsp3) is 0.400. The molecule has 1 aliphatic heterocycles. The van der Waals surface area contributed by atoms with Gasteiger partial charge in [-0.2, -0.15) is 9.97 Å². The first kappa shape index (κ1) is 28.6. The Morgan fingerprint density at radius 3 is 2.69 bits per heavy atom. The minimum atomic E-state index is -0.398. The van der Waals surface area contributed by atoms with E-state index in [0.29, 0.717) is 35.2 Å². The van der Waals surface area contributed by atoms with Crippen LogP contribution in [0, 0.1) is 12.8 Å². The van der Waals surface area contributed by atoms with Crippen molar-refractivity contribution in [2.24, 2.45) is 5.92 Å². The topological polar surface area (TPSA) is 177 Å². The highest BCUT2D eigenvalue weighted by Gasteiger charge is 2.46. The molecular weight excluding hydrogens is 582 g/mol. The van der Waals surface area contributed by atoms with Crippen molar-refractivity contribution >= 4 is 35.0 Å². The fourth-order valence-corrected chi connectivity index (χ4v) is 5.37. The molecule has 4 aromatic rings. The van der Waals surface area contributed by atoms with E-state index in [2.05, 4.69) is 25.3 Å². The first-order valence-corrected chi connectivity index (χ1v) is 14.7. The van der Waals surface area contributed by atoms with E-state index < -0.39 is 6.03 Å². The monoisotopic (exact) mass is 613 g/mol. The van der Waals surface area contributed by atoms with Gasteiger partial charge in [0.05, 0.1) is 18.0 Å². The number of urea groups is 1. The number of aliphatic hydroxyl groups is 1. The zero-order valence-corrected chi connectivity index (χ0v) is 24.7. The predicted molar refractivity (Wildman–Crippen MR) is 158 cm³/mol. The molecule has 4 amide bonds. The van der Waals surface area contributed by atoms with Crippen LogP contribution in [0.25, 0.3) is 5.65 Å². The second-order valence-electron chi connectivity index (χ2n) is 11.4. The van der Waals surface area contributed by atoms with Gasteiger partial charge in [0.25, 0.3) is 0 Å². The molecule has 0 unspecified atom stereocenters. The average Bonchev–Trinajstić information content (AvgIpc) is 3.96. The molecule has 232 valence electrons. The Morgan fingerprint density at radius 2 is 1.96 bits per heavy atom. The number of amides is 4. The summed E-state index contributed by atoms with van der Waals surface area (Å²) >= 11 is 0. The maximum atomic E-state index is 13.0. The molecule has 15 nitrogen and oxygen atoms in total. The fourth-order valence-electron chi connectivity index (χ4n) is 5.37. The number of fused-ring (bicyclic) bond motifs is 1. The summed E-state index contributed by atoms with van der Waals surface area (Å²) in [6.07, 6.45) is 8.25. The number of hydrogen-bond acceptors (Lipinski definition) is 11. The van der Waals surface area contributed by atoms with E-state index in [1.165, 1.54) is 18.0 Å². The molecule has 0 radical (unpaired) electrons. The Kier molecular flexibility index (Phi) is 7.23. The summed E-state index contributed by atoms with van der Waals surface area (Å²) in [6.45, 7) is 1.54. The van der Waals surface area contributed by atoms with Gasteiger partial charge in [-0.1, -0.05) is 0 Å². The summed E-state index contributed by atoms with van der Waals surface area (Å²) in [7, 11) is 1.47. The molecule has 2 aliphatic carbocycles. The molecular formula is C30H31N9O6. The van der Waals surface area contributed by atoms with E-state index in [4.69, 9.17) is 14.5 Å². The number of carbonyl (C=O) groups is 3. The van der Waals surface area contributed by atoms with Crippen molar-refractivity contribution in [2.75, 3.05) is 37.0 Å². The lowest BCUT2D eigenvalue weighted by atomic mass is 10.1. The van der Waals surface area contributed by atoms with Crippen molar-refractivity contribution in [3.63, 3.8) is 0 Å². The van der Waals surface area contributed by atoms with Gasteiger partial charge >= 0.3 is 12.0 Å². The van der Waals surface area contributed by atoms with Crippen LogP contribution in [-0.4, -0.2) is 84.0 Å². The molecule has 0 aromatic carbocycles. The van der Waals surface area contributed by atoms with Crippen LogP contribution < -0.4 is 19.7 Å². The molecule has 15 heteroatoms. The van der Waals surface area contributed by atoms with Crippen LogP contribution in [0.3, 0.4) is 0 Å². The number of hydrogen-bond donors (Lipinski definition) is 2. The highest BCUT2D eigenvalue weighted by Crippen LogP contribution is 2.46. The Labute approximate surface area is 257 Å². The predicted octanol–water partition coefficient (Wildman–Crippen LogP) is 2.19. The molecule has 45 heavy (non-hydrogen) atoms. The Morgan fingerprint density at radius 1 is 1.11 bits per heavy atom. The van der Waals surface area contributed by atoms with Gasteiger partial charge in [-0.3, -0.25) is 19.4 Å². The second-order valence-corrected chi connectivity index (χ2v) is 11.4. The maximum Gasteiger partial charge on any atom is 0.331 e. The number of imide groups is 1. The van der Waals surface area contributed by atoms with E-state index >= 15 is 0 Å². The van der Waals surface area contributed by atoms with Gasteiger partial charge in [-0.05, 0) is 49.8 Å². The van der Waals surface area contributed by atoms with Gasteiger partial charge in [0, 0.05) is 49.2 Å². The zero-order valence-electron chi connectivity index (χ0n) is 24.7. The average molecular weight is 614 g/mol. The third-order valence-electron chi connectivity index (χ3n) is 8.02. The Hall–Kier alpha value is -5.18. The molecule has 7 rings (SSSR count). The Balaban J connectivity index is 1.10. The van der Waals surface area contributed by atoms with Gasteiger partial charge in [0.2, 0.25) is 17.7 Å². The van der Waals surface area contributed by atoms with Gasteiger partial charge < -0.3 is 24.3 Å². The number of imidazole rings is 1. The number of nitrogens with one attached hydrogen (secondary N) is 1. The molecule has 2 saturated carbocycles. The summed E-state index contributed by atoms with van der Waals surface area (Å²) in [4.78, 5) is 62.7. The number of carbonyl (C=O) groups excluding carboxylic acids is 3. The van der Waals surface area contributed by atoms with Crippen molar-refractivity contribution in [1.82, 2.24) is 34.2 Å². The van der Waals surface area contributed by atoms with E-state index in [9.17, 15) is 19.5 Å². The summed E-state index contributed by atoms with van der Waals surface area (Å²) in [5, 5.41) is 12.0. The highest BCUT2D eigenvalue weighted by molar-refractivity contribution is 6.13. The minimum Gasteiger partial charge on any atom is -0.471 e.